The molecule has 5 nitrogen and oxygen atoms in total. The molecule has 1 saturated carbocycles. The SMILES string of the molecule is COc1cc(Br)c(/C=C(\C#N)C(=O)NC2CCCCC2C)cc1OC. The Kier molecular flexibility index (Phi) is 6.89. The molecular formula is C19H23BrN2O3. The molecule has 134 valence electrons. The molecular weight excluding hydrogens is 384 g/mol. The van der Waals surface area contributed by atoms with Gasteiger partial charge in [-0.1, -0.05) is 35.7 Å². The summed E-state index contributed by atoms with van der Waals surface area (Å²) in [5.41, 5.74) is 0.756. The van der Waals surface area contributed by atoms with Crippen molar-refractivity contribution >= 4 is 27.9 Å². The van der Waals surface area contributed by atoms with Crippen LogP contribution in [0.4, 0.5) is 0 Å². The maximum Gasteiger partial charge on any atom is 0.262 e. The molecule has 2 atom stereocenters. The van der Waals surface area contributed by atoms with Gasteiger partial charge >= 0.3 is 0 Å². The van der Waals surface area contributed by atoms with E-state index in [4.69, 9.17) is 9.47 Å². The number of benzene rings is 1. The number of carbonyl (C=O) groups excluding carboxylic acids is 1. The number of nitrogens with one attached hydrogen (secondary N) is 1. The van der Waals surface area contributed by atoms with Crippen LogP contribution in [0.1, 0.15) is 38.2 Å². The van der Waals surface area contributed by atoms with E-state index in [9.17, 15) is 10.1 Å². The van der Waals surface area contributed by atoms with Crippen molar-refractivity contribution in [1.82, 2.24) is 5.32 Å². The molecule has 1 aliphatic carbocycles. The lowest BCUT2D eigenvalue weighted by molar-refractivity contribution is -0.118. The molecule has 0 spiro atoms. The number of hydrogen-bond acceptors (Lipinski definition) is 4. The van der Waals surface area contributed by atoms with Crippen molar-refractivity contribution in [3.8, 4) is 17.6 Å². The van der Waals surface area contributed by atoms with Gasteiger partial charge in [0.15, 0.2) is 11.5 Å². The first-order chi connectivity index (χ1) is 12.0. The fourth-order valence-electron chi connectivity index (χ4n) is 3.06. The fourth-order valence-corrected chi connectivity index (χ4v) is 3.50. The number of hydrogen-bond donors (Lipinski definition) is 1. The maximum atomic E-state index is 12.5. The van der Waals surface area contributed by atoms with Crippen LogP contribution in [0.15, 0.2) is 22.2 Å². The number of carbonyl (C=O) groups is 1. The molecule has 25 heavy (non-hydrogen) atoms. The van der Waals surface area contributed by atoms with Gasteiger partial charge in [-0.05, 0) is 42.5 Å². The van der Waals surface area contributed by atoms with Crippen molar-refractivity contribution in [1.29, 1.82) is 5.26 Å². The number of methoxy groups -OCH3 is 2. The van der Waals surface area contributed by atoms with E-state index in [1.165, 1.54) is 6.42 Å². The lowest BCUT2D eigenvalue weighted by Gasteiger charge is -2.29. The molecule has 0 aliphatic heterocycles. The van der Waals surface area contributed by atoms with Gasteiger partial charge in [-0.3, -0.25) is 4.79 Å². The average molecular weight is 407 g/mol. The van der Waals surface area contributed by atoms with Crippen LogP contribution in [0, 0.1) is 17.2 Å². The molecule has 2 rings (SSSR count). The van der Waals surface area contributed by atoms with E-state index < -0.39 is 0 Å². The molecule has 1 fully saturated rings. The molecule has 1 aliphatic rings. The van der Waals surface area contributed by atoms with Crippen LogP contribution >= 0.6 is 15.9 Å². The second-order valence-electron chi connectivity index (χ2n) is 6.24. The zero-order valence-corrected chi connectivity index (χ0v) is 16.4. The first kappa shape index (κ1) is 19.3. The van der Waals surface area contributed by atoms with Crippen molar-refractivity contribution in [2.24, 2.45) is 5.92 Å². The highest BCUT2D eigenvalue weighted by atomic mass is 79.9. The molecule has 2 unspecified atom stereocenters. The predicted octanol–water partition coefficient (Wildman–Crippen LogP) is 4.07. The monoisotopic (exact) mass is 406 g/mol. The summed E-state index contributed by atoms with van der Waals surface area (Å²) >= 11 is 3.44. The Balaban J connectivity index is 2.24. The second kappa shape index (κ2) is 8.91. The van der Waals surface area contributed by atoms with E-state index in [-0.39, 0.29) is 17.5 Å². The van der Waals surface area contributed by atoms with E-state index in [0.29, 0.717) is 23.0 Å². The molecule has 1 aromatic rings. The third-order valence-electron chi connectivity index (χ3n) is 4.60. The van der Waals surface area contributed by atoms with Crippen molar-refractivity contribution in [3.05, 3.63) is 27.7 Å². The topological polar surface area (TPSA) is 71.3 Å². The van der Waals surface area contributed by atoms with Crippen LogP contribution in [0.3, 0.4) is 0 Å². The minimum Gasteiger partial charge on any atom is -0.493 e. The largest absolute Gasteiger partial charge is 0.493 e. The smallest absolute Gasteiger partial charge is 0.262 e. The Bertz CT molecular complexity index is 709. The fraction of sp³-hybridized carbons (Fsp3) is 0.474. The molecule has 0 heterocycles. The van der Waals surface area contributed by atoms with Crippen molar-refractivity contribution in [2.75, 3.05) is 14.2 Å². The highest BCUT2D eigenvalue weighted by molar-refractivity contribution is 9.10. The van der Waals surface area contributed by atoms with Gasteiger partial charge < -0.3 is 14.8 Å². The minimum atomic E-state index is -0.331. The Morgan fingerprint density at radius 2 is 1.92 bits per heavy atom. The van der Waals surface area contributed by atoms with Crippen LogP contribution < -0.4 is 14.8 Å². The molecule has 1 amide bonds. The van der Waals surface area contributed by atoms with Crippen molar-refractivity contribution in [3.63, 3.8) is 0 Å². The number of halogens is 1. The number of nitrogens with zero attached hydrogens (tertiary/aromatic N) is 1. The second-order valence-corrected chi connectivity index (χ2v) is 7.09. The lowest BCUT2D eigenvalue weighted by atomic mass is 9.86. The molecule has 1 N–H and O–H groups in total. The van der Waals surface area contributed by atoms with Gasteiger partial charge in [0.05, 0.1) is 14.2 Å². The van der Waals surface area contributed by atoms with Crippen molar-refractivity contribution < 1.29 is 14.3 Å². The van der Waals surface area contributed by atoms with Gasteiger partial charge in [-0.2, -0.15) is 5.26 Å². The van der Waals surface area contributed by atoms with Crippen LogP contribution in [0.5, 0.6) is 11.5 Å². The summed E-state index contributed by atoms with van der Waals surface area (Å²) in [6.07, 6.45) is 5.95. The van der Waals surface area contributed by atoms with E-state index >= 15 is 0 Å². The third-order valence-corrected chi connectivity index (χ3v) is 5.28. The van der Waals surface area contributed by atoms with Gasteiger partial charge in [-0.15, -0.1) is 0 Å². The third kappa shape index (κ3) is 4.76. The average Bonchev–Trinajstić information content (AvgIpc) is 2.62. The van der Waals surface area contributed by atoms with Crippen LogP contribution in [0.25, 0.3) is 6.08 Å². The summed E-state index contributed by atoms with van der Waals surface area (Å²) in [5.74, 6) is 1.22. The number of nitriles is 1. The molecule has 0 bridgehead atoms. The van der Waals surface area contributed by atoms with Gasteiger partial charge in [0, 0.05) is 10.5 Å². The molecule has 0 saturated heterocycles. The highest BCUT2D eigenvalue weighted by Crippen LogP contribution is 2.34. The number of ether oxygens (including phenoxy) is 2. The van der Waals surface area contributed by atoms with Crippen LogP contribution in [-0.4, -0.2) is 26.2 Å². The van der Waals surface area contributed by atoms with E-state index in [1.54, 1.807) is 32.4 Å². The number of rotatable bonds is 5. The summed E-state index contributed by atoms with van der Waals surface area (Å²) in [6, 6.07) is 5.62. The predicted molar refractivity (Wildman–Crippen MR) is 100 cm³/mol. The minimum absolute atomic E-state index is 0.0747. The summed E-state index contributed by atoms with van der Waals surface area (Å²) in [7, 11) is 3.10. The van der Waals surface area contributed by atoms with E-state index in [0.717, 1.165) is 23.7 Å². The molecule has 0 radical (unpaired) electrons. The van der Waals surface area contributed by atoms with Gasteiger partial charge in [0.2, 0.25) is 0 Å². The Morgan fingerprint density at radius 3 is 2.52 bits per heavy atom. The van der Waals surface area contributed by atoms with E-state index in [2.05, 4.69) is 28.2 Å². The normalized spacial score (nSPS) is 20.5. The Hall–Kier alpha value is -2.00. The quantitative estimate of drug-likeness (QED) is 0.590. The van der Waals surface area contributed by atoms with Gasteiger partial charge in [-0.25, -0.2) is 0 Å². The summed E-state index contributed by atoms with van der Waals surface area (Å²) < 4.78 is 11.2. The molecule has 6 heteroatoms. The first-order valence-corrected chi connectivity index (χ1v) is 9.13. The zero-order chi connectivity index (χ0) is 18.4. The maximum absolute atomic E-state index is 12.5. The van der Waals surface area contributed by atoms with Crippen LogP contribution in [-0.2, 0) is 4.79 Å². The summed E-state index contributed by atoms with van der Waals surface area (Å²) in [4.78, 5) is 12.5. The van der Waals surface area contributed by atoms with Crippen molar-refractivity contribution in [2.45, 2.75) is 38.6 Å². The summed E-state index contributed by atoms with van der Waals surface area (Å²) in [5, 5.41) is 12.4. The van der Waals surface area contributed by atoms with E-state index in [1.807, 2.05) is 6.07 Å². The first-order valence-electron chi connectivity index (χ1n) is 8.34. The Labute approximate surface area is 157 Å². The molecule has 1 aromatic carbocycles. The van der Waals surface area contributed by atoms with Gasteiger partial charge in [0.1, 0.15) is 11.6 Å². The lowest BCUT2D eigenvalue weighted by Crippen LogP contribution is -2.41. The highest BCUT2D eigenvalue weighted by Gasteiger charge is 2.24. The summed E-state index contributed by atoms with van der Waals surface area (Å²) in [6.45, 7) is 2.14. The standard InChI is InChI=1S/C19H23BrN2O3/c1-12-6-4-5-7-16(12)22-19(23)14(11-21)8-13-9-17(24-2)18(25-3)10-15(13)20/h8-10,12,16H,4-7H2,1-3H3,(H,22,23)/b14-8+. The van der Waals surface area contributed by atoms with Crippen LogP contribution in [0.2, 0.25) is 0 Å². The molecule has 0 aromatic heterocycles. The zero-order valence-electron chi connectivity index (χ0n) is 14.8. The Morgan fingerprint density at radius 1 is 1.28 bits per heavy atom. The van der Waals surface area contributed by atoms with Gasteiger partial charge in [0.25, 0.3) is 5.91 Å². The number of amides is 1.